The predicted octanol–water partition coefficient (Wildman–Crippen LogP) is 3.93. The number of fused-ring (bicyclic) bond motifs is 2. The zero-order chi connectivity index (χ0) is 25.2. The van der Waals surface area contributed by atoms with E-state index in [9.17, 15) is 4.79 Å². The summed E-state index contributed by atoms with van der Waals surface area (Å²) in [6.07, 6.45) is 7.16. The molecule has 2 N–H and O–H groups in total. The van der Waals surface area contributed by atoms with Gasteiger partial charge in [-0.05, 0) is 48.9 Å². The normalized spacial score (nSPS) is 13.7. The average molecular weight is 490 g/mol. The van der Waals surface area contributed by atoms with Gasteiger partial charge < -0.3 is 15.5 Å². The van der Waals surface area contributed by atoms with Crippen molar-refractivity contribution in [1.82, 2.24) is 25.3 Å². The molecule has 0 amide bonds. The highest BCUT2D eigenvalue weighted by atomic mass is 16.1. The van der Waals surface area contributed by atoms with E-state index in [1.165, 1.54) is 0 Å². The topological polar surface area (TPSA) is 95.9 Å². The summed E-state index contributed by atoms with van der Waals surface area (Å²) in [6.45, 7) is 6.37. The minimum absolute atomic E-state index is 0.0748. The van der Waals surface area contributed by atoms with Crippen LogP contribution >= 0.6 is 0 Å². The van der Waals surface area contributed by atoms with Gasteiger partial charge in [-0.2, -0.15) is 0 Å². The summed E-state index contributed by atoms with van der Waals surface area (Å²) in [5.41, 5.74) is 4.41. The monoisotopic (exact) mass is 489 g/mol. The Balaban J connectivity index is 1.34. The van der Waals surface area contributed by atoms with Gasteiger partial charge in [-0.25, -0.2) is 9.97 Å². The Bertz CT molecular complexity index is 1650. The molecule has 37 heavy (non-hydrogen) atoms. The summed E-state index contributed by atoms with van der Waals surface area (Å²) >= 11 is 0. The molecule has 1 fully saturated rings. The molecule has 1 aliphatic rings. The highest BCUT2D eigenvalue weighted by Gasteiger charge is 2.12. The zero-order valence-corrected chi connectivity index (χ0v) is 20.6. The number of hydrogen-bond donors (Lipinski definition) is 2. The lowest BCUT2D eigenvalue weighted by atomic mass is 10.1. The van der Waals surface area contributed by atoms with Crippen LogP contribution in [-0.4, -0.2) is 46.1 Å². The Labute approximate surface area is 214 Å². The van der Waals surface area contributed by atoms with E-state index < -0.39 is 0 Å². The summed E-state index contributed by atoms with van der Waals surface area (Å²) in [5.74, 6) is 1.60. The number of nitrogens with zero attached hydrogens (tertiary/aromatic N) is 5. The Hall–Kier alpha value is -4.43. The third-order valence-corrected chi connectivity index (χ3v) is 6.84. The molecule has 5 heterocycles. The lowest BCUT2D eigenvalue weighted by molar-refractivity contribution is 0.585. The molecule has 1 aromatic carbocycles. The largest absolute Gasteiger partial charge is 0.364 e. The summed E-state index contributed by atoms with van der Waals surface area (Å²) in [7, 11) is 0. The zero-order valence-electron chi connectivity index (χ0n) is 20.6. The molecule has 6 rings (SSSR count). The van der Waals surface area contributed by atoms with E-state index >= 15 is 0 Å². The van der Waals surface area contributed by atoms with Gasteiger partial charge in [-0.15, -0.1) is 0 Å². The molecule has 184 valence electrons. The molecule has 1 aliphatic heterocycles. The maximum atomic E-state index is 13.7. The van der Waals surface area contributed by atoms with Gasteiger partial charge in [0.1, 0.15) is 11.6 Å². The van der Waals surface area contributed by atoms with Crippen molar-refractivity contribution < 1.29 is 0 Å². The molecule has 0 atom stereocenters. The predicted molar refractivity (Wildman–Crippen MR) is 148 cm³/mol. The SMILES string of the molecule is Cc1cccnc1CNc1cc2c(=O)c3cc(-c4ccc(N5CCNCC5)nc4)cnc3ccc2cn1. The van der Waals surface area contributed by atoms with E-state index in [1.807, 2.05) is 61.7 Å². The lowest BCUT2D eigenvalue weighted by Crippen LogP contribution is -2.43. The quantitative estimate of drug-likeness (QED) is 0.383. The maximum absolute atomic E-state index is 13.7. The van der Waals surface area contributed by atoms with Crippen molar-refractivity contribution in [3.63, 3.8) is 0 Å². The lowest BCUT2D eigenvalue weighted by Gasteiger charge is -2.28. The van der Waals surface area contributed by atoms with Crippen molar-refractivity contribution in [2.24, 2.45) is 0 Å². The molecule has 0 radical (unpaired) electrons. The summed E-state index contributed by atoms with van der Waals surface area (Å²) in [6, 6.07) is 15.5. The molecule has 0 bridgehead atoms. The van der Waals surface area contributed by atoms with Crippen molar-refractivity contribution in [2.45, 2.75) is 13.5 Å². The van der Waals surface area contributed by atoms with E-state index in [-0.39, 0.29) is 5.43 Å². The van der Waals surface area contributed by atoms with Crippen molar-refractivity contribution in [3.8, 4) is 11.1 Å². The molecular weight excluding hydrogens is 462 g/mol. The molecule has 8 heteroatoms. The van der Waals surface area contributed by atoms with Crippen molar-refractivity contribution in [2.75, 3.05) is 36.4 Å². The molecule has 0 unspecified atom stereocenters. The Kier molecular flexibility index (Phi) is 6.16. The van der Waals surface area contributed by atoms with Gasteiger partial charge in [-0.1, -0.05) is 12.1 Å². The van der Waals surface area contributed by atoms with Crippen LogP contribution in [0, 0.1) is 6.92 Å². The number of pyridine rings is 4. The van der Waals surface area contributed by atoms with Crippen LogP contribution in [0.5, 0.6) is 0 Å². The molecule has 8 nitrogen and oxygen atoms in total. The van der Waals surface area contributed by atoms with Crippen LogP contribution in [0.4, 0.5) is 11.6 Å². The van der Waals surface area contributed by atoms with E-state index in [0.29, 0.717) is 28.7 Å². The van der Waals surface area contributed by atoms with E-state index in [1.54, 1.807) is 18.6 Å². The first kappa shape index (κ1) is 23.0. The van der Waals surface area contributed by atoms with Crippen LogP contribution in [0.3, 0.4) is 0 Å². The summed E-state index contributed by atoms with van der Waals surface area (Å²) < 4.78 is 0. The second-order valence-corrected chi connectivity index (χ2v) is 9.24. The van der Waals surface area contributed by atoms with Gasteiger partial charge in [0, 0.05) is 78.3 Å². The second-order valence-electron chi connectivity index (χ2n) is 9.24. The first-order chi connectivity index (χ1) is 18.2. The molecule has 0 spiro atoms. The molecular formula is C29H27N7O. The highest BCUT2D eigenvalue weighted by Crippen LogP contribution is 2.24. The number of hydrogen-bond acceptors (Lipinski definition) is 8. The van der Waals surface area contributed by atoms with E-state index in [2.05, 4.69) is 35.5 Å². The van der Waals surface area contributed by atoms with Crippen molar-refractivity contribution in [1.29, 1.82) is 0 Å². The Morgan fingerprint density at radius 2 is 1.76 bits per heavy atom. The first-order valence-corrected chi connectivity index (χ1v) is 12.4. The fraction of sp³-hybridized carbons (Fsp3) is 0.207. The molecule has 0 aliphatic carbocycles. The van der Waals surface area contributed by atoms with Gasteiger partial charge in [-0.3, -0.25) is 14.8 Å². The number of piperazine rings is 1. The number of nitrogens with one attached hydrogen (secondary N) is 2. The Morgan fingerprint density at radius 3 is 2.57 bits per heavy atom. The average Bonchev–Trinajstić information content (AvgIpc) is 3.09. The minimum atomic E-state index is -0.0748. The number of rotatable bonds is 5. The summed E-state index contributed by atoms with van der Waals surface area (Å²) in [5, 5.41) is 8.60. The Morgan fingerprint density at radius 1 is 0.892 bits per heavy atom. The van der Waals surface area contributed by atoms with Crippen molar-refractivity contribution in [3.05, 3.63) is 94.8 Å². The first-order valence-electron chi connectivity index (χ1n) is 12.4. The number of anilines is 2. The third-order valence-electron chi connectivity index (χ3n) is 6.84. The van der Waals surface area contributed by atoms with Gasteiger partial charge in [0.25, 0.3) is 0 Å². The van der Waals surface area contributed by atoms with Crippen LogP contribution in [0.2, 0.25) is 0 Å². The fourth-order valence-corrected chi connectivity index (χ4v) is 4.67. The van der Waals surface area contributed by atoms with Gasteiger partial charge in [0.2, 0.25) is 0 Å². The fourth-order valence-electron chi connectivity index (χ4n) is 4.67. The summed E-state index contributed by atoms with van der Waals surface area (Å²) in [4.78, 5) is 34.2. The second kappa shape index (κ2) is 9.91. The molecule has 0 saturated carbocycles. The highest BCUT2D eigenvalue weighted by molar-refractivity contribution is 5.93. The van der Waals surface area contributed by atoms with Crippen LogP contribution in [0.1, 0.15) is 11.3 Å². The van der Waals surface area contributed by atoms with Crippen LogP contribution < -0.4 is 21.0 Å². The van der Waals surface area contributed by atoms with E-state index in [4.69, 9.17) is 0 Å². The van der Waals surface area contributed by atoms with E-state index in [0.717, 1.165) is 59.8 Å². The minimum Gasteiger partial charge on any atom is -0.364 e. The van der Waals surface area contributed by atoms with Gasteiger partial charge >= 0.3 is 0 Å². The maximum Gasteiger partial charge on any atom is 0.196 e. The van der Waals surface area contributed by atoms with Crippen LogP contribution in [0.15, 0.2) is 78.1 Å². The molecule has 5 aromatic rings. The molecule has 4 aromatic heterocycles. The van der Waals surface area contributed by atoms with Crippen molar-refractivity contribution >= 4 is 33.3 Å². The van der Waals surface area contributed by atoms with Gasteiger partial charge in [0.15, 0.2) is 5.43 Å². The molecule has 1 saturated heterocycles. The van der Waals surface area contributed by atoms with Crippen LogP contribution in [0.25, 0.3) is 32.8 Å². The number of aryl methyl sites for hydroxylation is 1. The smallest absolute Gasteiger partial charge is 0.196 e. The van der Waals surface area contributed by atoms with Crippen LogP contribution in [-0.2, 0) is 6.54 Å². The van der Waals surface area contributed by atoms with Gasteiger partial charge in [0.05, 0.1) is 17.8 Å². The third kappa shape index (κ3) is 4.71. The standard InChI is InChI=1S/C29H27N7O/c1-19-3-2-8-31-26(19)18-34-27-14-23-21(16-33-27)4-6-25-24(29(23)37)13-22(17-32-25)20-5-7-28(35-15-20)36-11-9-30-10-12-36/h2-8,13-17,30H,9-12,18H2,1H3,(H,33,34). The number of aromatic nitrogens is 4.